The number of carbonyl (C=O) groups excluding carboxylic acids is 2. The number of nitrogens with zero attached hydrogens (tertiary/aromatic N) is 2. The molecule has 0 aliphatic rings. The molecular weight excluding hydrogens is 234 g/mol. The van der Waals surface area contributed by atoms with Crippen molar-refractivity contribution in [3.63, 3.8) is 0 Å². The highest BCUT2D eigenvalue weighted by Crippen LogP contribution is 2.27. The van der Waals surface area contributed by atoms with E-state index in [1.165, 1.54) is 12.4 Å². The first-order valence-electron chi connectivity index (χ1n) is 5.67. The molecule has 2 aromatic heterocycles. The second-order valence-electron chi connectivity index (χ2n) is 3.97. The highest BCUT2D eigenvalue weighted by Gasteiger charge is 2.19. The Morgan fingerprint density at radius 2 is 2.22 bits per heavy atom. The first-order valence-corrected chi connectivity index (χ1v) is 5.67. The quantitative estimate of drug-likeness (QED) is 0.835. The third-order valence-corrected chi connectivity index (χ3v) is 2.77. The summed E-state index contributed by atoms with van der Waals surface area (Å²) in [6.45, 7) is 3.72. The van der Waals surface area contributed by atoms with Gasteiger partial charge in [0.2, 0.25) is 11.6 Å². The maximum Gasteiger partial charge on any atom is 0.248 e. The smallest absolute Gasteiger partial charge is 0.248 e. The van der Waals surface area contributed by atoms with E-state index in [4.69, 9.17) is 4.42 Å². The second-order valence-corrected chi connectivity index (χ2v) is 3.97. The van der Waals surface area contributed by atoms with Gasteiger partial charge in [0.15, 0.2) is 17.6 Å². The second kappa shape index (κ2) is 4.95. The number of nitrogens with one attached hydrogen (secondary N) is 1. The zero-order valence-electron chi connectivity index (χ0n) is 10.1. The van der Waals surface area contributed by atoms with Crippen molar-refractivity contribution in [1.82, 2.24) is 9.97 Å². The van der Waals surface area contributed by atoms with Crippen LogP contribution in [0.5, 0.6) is 0 Å². The lowest BCUT2D eigenvalue weighted by atomic mass is 10.1. The van der Waals surface area contributed by atoms with Crippen LogP contribution in [0.1, 0.15) is 30.8 Å². The number of furan rings is 1. The Labute approximate surface area is 103 Å². The Bertz CT molecular complexity index is 591. The third-order valence-electron chi connectivity index (χ3n) is 2.77. The lowest BCUT2D eigenvalue weighted by Gasteiger charge is -2.08. The number of aromatic nitrogens is 2. The molecule has 0 radical (unpaired) electrons. The monoisotopic (exact) mass is 247 g/mol. The van der Waals surface area contributed by atoms with E-state index < -0.39 is 0 Å². The van der Waals surface area contributed by atoms with E-state index in [2.05, 4.69) is 15.3 Å². The fourth-order valence-electron chi connectivity index (χ4n) is 1.48. The van der Waals surface area contributed by atoms with E-state index in [1.54, 1.807) is 0 Å². The fourth-order valence-corrected chi connectivity index (χ4v) is 1.48. The van der Waals surface area contributed by atoms with Gasteiger partial charge in [0.05, 0.1) is 0 Å². The summed E-state index contributed by atoms with van der Waals surface area (Å²) >= 11 is 0. The van der Waals surface area contributed by atoms with Crippen molar-refractivity contribution in [2.24, 2.45) is 5.92 Å². The van der Waals surface area contributed by atoms with E-state index >= 15 is 0 Å². The maximum absolute atomic E-state index is 11.8. The van der Waals surface area contributed by atoms with Crippen molar-refractivity contribution in [2.45, 2.75) is 20.3 Å². The summed E-state index contributed by atoms with van der Waals surface area (Å²) in [7, 11) is 0. The molecule has 1 amide bonds. The Kier molecular flexibility index (Phi) is 3.36. The van der Waals surface area contributed by atoms with E-state index in [-0.39, 0.29) is 23.3 Å². The van der Waals surface area contributed by atoms with Crippen molar-refractivity contribution < 1.29 is 14.0 Å². The number of amides is 1. The largest absolute Gasteiger partial charge is 0.431 e. The van der Waals surface area contributed by atoms with Crippen LogP contribution in [0.15, 0.2) is 16.8 Å². The molecule has 0 aliphatic carbocycles. The van der Waals surface area contributed by atoms with Crippen molar-refractivity contribution in [1.29, 1.82) is 0 Å². The van der Waals surface area contributed by atoms with Crippen molar-refractivity contribution in [2.75, 3.05) is 5.32 Å². The van der Waals surface area contributed by atoms with Gasteiger partial charge in [-0.05, 0) is 6.42 Å². The standard InChI is InChI=1S/C12H13N3O3/c1-3-7(2)11(17)15-9-8(6-16)18-12-10(9)13-4-5-14-12/h4-7H,3H2,1-2H3,(H,15,17)/t7-/m0/s1. The molecule has 0 fully saturated rings. The first kappa shape index (κ1) is 12.2. The van der Waals surface area contributed by atoms with Gasteiger partial charge < -0.3 is 9.73 Å². The van der Waals surface area contributed by atoms with Crippen LogP contribution in [-0.2, 0) is 4.79 Å². The van der Waals surface area contributed by atoms with Crippen LogP contribution in [0.4, 0.5) is 5.69 Å². The normalized spacial score (nSPS) is 12.3. The highest BCUT2D eigenvalue weighted by molar-refractivity contribution is 6.04. The zero-order valence-corrected chi connectivity index (χ0v) is 10.1. The van der Waals surface area contributed by atoms with Crippen molar-refractivity contribution in [3.05, 3.63) is 18.2 Å². The molecule has 94 valence electrons. The molecule has 0 bridgehead atoms. The summed E-state index contributed by atoms with van der Waals surface area (Å²) in [6, 6.07) is 0. The lowest BCUT2D eigenvalue weighted by molar-refractivity contribution is -0.119. The van der Waals surface area contributed by atoms with Gasteiger partial charge >= 0.3 is 0 Å². The number of hydrogen-bond donors (Lipinski definition) is 1. The Morgan fingerprint density at radius 1 is 1.50 bits per heavy atom. The fraction of sp³-hybridized carbons (Fsp3) is 0.333. The Balaban J connectivity index is 2.42. The van der Waals surface area contributed by atoms with Crippen LogP contribution in [0.2, 0.25) is 0 Å². The van der Waals surface area contributed by atoms with E-state index in [0.717, 1.165) is 0 Å². The minimum atomic E-state index is -0.172. The minimum absolute atomic E-state index is 0.0350. The van der Waals surface area contributed by atoms with Gasteiger partial charge in [0, 0.05) is 18.3 Å². The predicted molar refractivity (Wildman–Crippen MR) is 65.3 cm³/mol. The Hall–Kier alpha value is -2.24. The summed E-state index contributed by atoms with van der Waals surface area (Å²) in [6.07, 6.45) is 4.19. The summed E-state index contributed by atoms with van der Waals surface area (Å²) < 4.78 is 5.21. The molecule has 6 heteroatoms. The van der Waals surface area contributed by atoms with Crippen LogP contribution >= 0.6 is 0 Å². The molecule has 1 atom stereocenters. The van der Waals surface area contributed by atoms with Gasteiger partial charge in [-0.3, -0.25) is 9.59 Å². The van der Waals surface area contributed by atoms with Crippen LogP contribution in [0.25, 0.3) is 11.2 Å². The molecule has 2 aromatic rings. The van der Waals surface area contributed by atoms with Gasteiger partial charge in [-0.25, -0.2) is 9.97 Å². The SMILES string of the molecule is CC[C@H](C)C(=O)Nc1c(C=O)oc2nccnc12. The van der Waals surface area contributed by atoms with E-state index in [0.29, 0.717) is 23.9 Å². The number of hydrogen-bond acceptors (Lipinski definition) is 5. The minimum Gasteiger partial charge on any atom is -0.431 e. The summed E-state index contributed by atoms with van der Waals surface area (Å²) in [4.78, 5) is 30.8. The molecule has 0 aliphatic heterocycles. The van der Waals surface area contributed by atoms with Crippen LogP contribution in [0, 0.1) is 5.92 Å². The van der Waals surface area contributed by atoms with Crippen LogP contribution < -0.4 is 5.32 Å². The highest BCUT2D eigenvalue weighted by atomic mass is 16.4. The summed E-state index contributed by atoms with van der Waals surface area (Å²) in [5, 5.41) is 2.67. The molecule has 2 heterocycles. The molecule has 0 aromatic carbocycles. The summed E-state index contributed by atoms with van der Waals surface area (Å²) in [5.74, 6) is -0.284. The molecule has 0 spiro atoms. The Morgan fingerprint density at radius 3 is 2.89 bits per heavy atom. The number of anilines is 1. The number of fused-ring (bicyclic) bond motifs is 1. The molecular formula is C12H13N3O3. The average molecular weight is 247 g/mol. The lowest BCUT2D eigenvalue weighted by Crippen LogP contribution is -2.20. The van der Waals surface area contributed by atoms with Crippen molar-refractivity contribution in [3.8, 4) is 0 Å². The van der Waals surface area contributed by atoms with Gasteiger partial charge in [-0.1, -0.05) is 13.8 Å². The molecule has 0 unspecified atom stereocenters. The third kappa shape index (κ3) is 2.09. The van der Waals surface area contributed by atoms with Gasteiger partial charge in [0.1, 0.15) is 5.69 Å². The van der Waals surface area contributed by atoms with Crippen LogP contribution in [-0.4, -0.2) is 22.2 Å². The predicted octanol–water partition coefficient (Wildman–Crippen LogP) is 2.02. The topological polar surface area (TPSA) is 85.1 Å². The summed E-state index contributed by atoms with van der Waals surface area (Å²) in [5.41, 5.74) is 0.911. The molecule has 18 heavy (non-hydrogen) atoms. The average Bonchev–Trinajstić information content (AvgIpc) is 2.76. The molecule has 2 rings (SSSR count). The molecule has 0 saturated heterocycles. The van der Waals surface area contributed by atoms with Gasteiger partial charge in [-0.2, -0.15) is 0 Å². The molecule has 6 nitrogen and oxygen atoms in total. The number of carbonyl (C=O) groups is 2. The van der Waals surface area contributed by atoms with E-state index in [1.807, 2.05) is 13.8 Å². The van der Waals surface area contributed by atoms with Crippen LogP contribution in [0.3, 0.4) is 0 Å². The van der Waals surface area contributed by atoms with Gasteiger partial charge in [-0.15, -0.1) is 0 Å². The zero-order chi connectivity index (χ0) is 13.1. The van der Waals surface area contributed by atoms with E-state index in [9.17, 15) is 9.59 Å². The van der Waals surface area contributed by atoms with Gasteiger partial charge in [0.25, 0.3) is 0 Å². The number of rotatable bonds is 4. The maximum atomic E-state index is 11.8. The molecule has 0 saturated carbocycles. The first-order chi connectivity index (χ1) is 8.67. The van der Waals surface area contributed by atoms with Crippen molar-refractivity contribution >= 4 is 29.1 Å². The molecule has 1 N–H and O–H groups in total. The number of aldehydes is 1.